The lowest BCUT2D eigenvalue weighted by molar-refractivity contribution is 0.0523. The van der Waals surface area contributed by atoms with E-state index in [2.05, 4.69) is 11.0 Å². The van der Waals surface area contributed by atoms with Crippen molar-refractivity contribution in [1.29, 1.82) is 5.26 Å². The number of hydrogen-bond acceptors (Lipinski definition) is 6. The Morgan fingerprint density at radius 1 is 1.19 bits per heavy atom. The van der Waals surface area contributed by atoms with Gasteiger partial charge in [-0.25, -0.2) is 4.79 Å². The van der Waals surface area contributed by atoms with E-state index in [9.17, 15) is 10.1 Å². The summed E-state index contributed by atoms with van der Waals surface area (Å²) in [6.07, 6.45) is -0.299. The first-order chi connectivity index (χ1) is 12.0. The van der Waals surface area contributed by atoms with Gasteiger partial charge >= 0.3 is 6.09 Å². The molecule has 1 fully saturated rings. The highest BCUT2D eigenvalue weighted by atomic mass is 35.5. The number of halogens is 1. The van der Waals surface area contributed by atoms with Crippen LogP contribution in [0, 0.1) is 11.3 Å². The van der Waals surface area contributed by atoms with E-state index in [1.165, 1.54) is 0 Å². The molecule has 1 amide bonds. The van der Waals surface area contributed by atoms with Crippen molar-refractivity contribution in [1.82, 2.24) is 9.80 Å². The predicted molar refractivity (Wildman–Crippen MR) is 99.9 cm³/mol. The second-order valence-electron chi connectivity index (χ2n) is 5.93. The number of carbonyl (C=O) groups excluding carboxylic acids is 1. The van der Waals surface area contributed by atoms with E-state index in [-0.39, 0.29) is 18.5 Å². The summed E-state index contributed by atoms with van der Waals surface area (Å²) in [6, 6.07) is 7.93. The molecule has 0 N–H and O–H groups in total. The Hall–Kier alpha value is -2.17. The second-order valence-corrected chi connectivity index (χ2v) is 5.93. The van der Waals surface area contributed by atoms with Gasteiger partial charge in [-0.1, -0.05) is 6.07 Å². The maximum atomic E-state index is 11.8. The van der Waals surface area contributed by atoms with Crippen LogP contribution in [0.25, 0.3) is 0 Å². The van der Waals surface area contributed by atoms with Crippen LogP contribution in [0.2, 0.25) is 0 Å². The molecule has 0 radical (unpaired) electrons. The largest absolute Gasteiger partial charge is 0.493 e. The summed E-state index contributed by atoms with van der Waals surface area (Å²) in [5.74, 6) is 1.21. The molecule has 1 heterocycles. The summed E-state index contributed by atoms with van der Waals surface area (Å²) >= 11 is 0. The fraction of sp³-hybridized carbons (Fsp3) is 0.556. The molecule has 144 valence electrons. The van der Waals surface area contributed by atoms with E-state index >= 15 is 0 Å². The topological polar surface area (TPSA) is 75.0 Å². The maximum absolute atomic E-state index is 11.8. The van der Waals surface area contributed by atoms with Gasteiger partial charge in [-0.2, -0.15) is 5.26 Å². The van der Waals surface area contributed by atoms with Crippen molar-refractivity contribution in [2.45, 2.75) is 19.4 Å². The van der Waals surface area contributed by atoms with E-state index in [1.54, 1.807) is 32.1 Å². The highest BCUT2D eigenvalue weighted by Gasteiger charge is 2.37. The number of methoxy groups -OCH3 is 2. The third kappa shape index (κ3) is 4.32. The van der Waals surface area contributed by atoms with E-state index in [0.717, 1.165) is 5.56 Å². The first-order valence-electron chi connectivity index (χ1n) is 8.30. The van der Waals surface area contributed by atoms with Crippen LogP contribution in [0.1, 0.15) is 19.4 Å². The number of carbonyl (C=O) groups is 1. The third-order valence-electron chi connectivity index (χ3n) is 4.60. The van der Waals surface area contributed by atoms with Crippen molar-refractivity contribution in [2.24, 2.45) is 0 Å². The molecule has 0 aromatic heterocycles. The zero-order valence-electron chi connectivity index (χ0n) is 15.7. The van der Waals surface area contributed by atoms with E-state index in [4.69, 9.17) is 14.2 Å². The fourth-order valence-corrected chi connectivity index (χ4v) is 3.01. The van der Waals surface area contributed by atoms with Gasteiger partial charge in [0.2, 0.25) is 0 Å². The normalized spacial score (nSPS) is 16.7. The van der Waals surface area contributed by atoms with E-state index in [0.29, 0.717) is 44.3 Å². The van der Waals surface area contributed by atoms with Gasteiger partial charge in [0.1, 0.15) is 5.54 Å². The molecule has 8 heteroatoms. The van der Waals surface area contributed by atoms with Crippen molar-refractivity contribution in [3.05, 3.63) is 23.8 Å². The quantitative estimate of drug-likeness (QED) is 0.778. The number of rotatable bonds is 5. The van der Waals surface area contributed by atoms with Crippen molar-refractivity contribution in [2.75, 3.05) is 47.0 Å². The maximum Gasteiger partial charge on any atom is 0.409 e. The van der Waals surface area contributed by atoms with Gasteiger partial charge in [0, 0.05) is 26.2 Å². The summed E-state index contributed by atoms with van der Waals surface area (Å²) < 4.78 is 15.7. The Bertz CT molecular complexity index is 656. The van der Waals surface area contributed by atoms with Crippen LogP contribution in [-0.4, -0.2) is 62.9 Å². The summed E-state index contributed by atoms with van der Waals surface area (Å²) in [5, 5.41) is 9.87. The van der Waals surface area contributed by atoms with Gasteiger partial charge in [0.05, 0.1) is 26.9 Å². The Morgan fingerprint density at radius 3 is 2.31 bits per heavy atom. The average molecular weight is 384 g/mol. The number of amides is 1. The number of piperazine rings is 1. The molecule has 1 unspecified atom stereocenters. The van der Waals surface area contributed by atoms with Crippen LogP contribution < -0.4 is 9.47 Å². The van der Waals surface area contributed by atoms with Crippen LogP contribution in [0.5, 0.6) is 11.5 Å². The summed E-state index contributed by atoms with van der Waals surface area (Å²) in [5.41, 5.74) is 0.0116. The minimum atomic E-state index is -0.819. The number of benzene rings is 1. The third-order valence-corrected chi connectivity index (χ3v) is 4.60. The van der Waals surface area contributed by atoms with Gasteiger partial charge in [0.15, 0.2) is 11.5 Å². The Balaban J connectivity index is 0.00000338. The molecule has 7 nitrogen and oxygen atoms in total. The molecular formula is C18H26ClN3O4. The van der Waals surface area contributed by atoms with Crippen molar-refractivity contribution in [3.8, 4) is 17.6 Å². The molecular weight excluding hydrogens is 358 g/mol. The fourth-order valence-electron chi connectivity index (χ4n) is 3.01. The summed E-state index contributed by atoms with van der Waals surface area (Å²) in [7, 11) is 3.15. The highest BCUT2D eigenvalue weighted by Crippen LogP contribution is 2.35. The number of nitrogens with zero attached hydrogens (tertiary/aromatic N) is 3. The van der Waals surface area contributed by atoms with Gasteiger partial charge < -0.3 is 19.1 Å². The SMILES string of the molecule is CCOC(=O)N1CCN(C(C)(C#N)c2ccc(OC)c(OC)c2)CC1.Cl. The van der Waals surface area contributed by atoms with E-state index in [1.807, 2.05) is 19.1 Å². The first-order valence-corrected chi connectivity index (χ1v) is 8.30. The average Bonchev–Trinajstić information content (AvgIpc) is 2.67. The Labute approximate surface area is 160 Å². The van der Waals surface area contributed by atoms with Crippen LogP contribution in [-0.2, 0) is 10.3 Å². The minimum absolute atomic E-state index is 0. The smallest absolute Gasteiger partial charge is 0.409 e. The molecule has 1 aliphatic rings. The van der Waals surface area contributed by atoms with E-state index < -0.39 is 5.54 Å². The van der Waals surface area contributed by atoms with Crippen molar-refractivity contribution >= 4 is 18.5 Å². The highest BCUT2D eigenvalue weighted by molar-refractivity contribution is 5.85. The molecule has 1 saturated heterocycles. The lowest BCUT2D eigenvalue weighted by Crippen LogP contribution is -2.55. The molecule has 1 aromatic rings. The Kier molecular flexibility index (Phi) is 8.00. The molecule has 2 rings (SSSR count). The molecule has 1 aromatic carbocycles. The van der Waals surface area contributed by atoms with Crippen LogP contribution in [0.15, 0.2) is 18.2 Å². The molecule has 1 aliphatic heterocycles. The van der Waals surface area contributed by atoms with Gasteiger partial charge in [-0.3, -0.25) is 4.90 Å². The lowest BCUT2D eigenvalue weighted by Gasteiger charge is -2.42. The Morgan fingerprint density at radius 2 is 1.81 bits per heavy atom. The monoisotopic (exact) mass is 383 g/mol. The molecule has 0 bridgehead atoms. The molecule has 26 heavy (non-hydrogen) atoms. The van der Waals surface area contributed by atoms with Crippen LogP contribution in [0.4, 0.5) is 4.79 Å². The minimum Gasteiger partial charge on any atom is -0.493 e. The zero-order chi connectivity index (χ0) is 18.4. The van der Waals surface area contributed by atoms with Gasteiger partial charge in [-0.15, -0.1) is 12.4 Å². The van der Waals surface area contributed by atoms with Gasteiger partial charge in [0.25, 0.3) is 0 Å². The number of hydrogen-bond donors (Lipinski definition) is 0. The van der Waals surface area contributed by atoms with Crippen molar-refractivity contribution in [3.63, 3.8) is 0 Å². The summed E-state index contributed by atoms with van der Waals surface area (Å²) in [4.78, 5) is 15.6. The second kappa shape index (κ2) is 9.51. The number of ether oxygens (including phenoxy) is 3. The standard InChI is InChI=1S/C18H25N3O4.ClH/c1-5-25-17(22)20-8-10-21(11-9-20)18(2,13-19)14-6-7-15(23-3)16(12-14)24-4;/h6-7,12H,5,8-11H2,1-4H3;1H. The first kappa shape index (κ1) is 21.9. The molecule has 0 aliphatic carbocycles. The van der Waals surface area contributed by atoms with Crippen LogP contribution >= 0.6 is 12.4 Å². The predicted octanol–water partition coefficient (Wildman–Crippen LogP) is 2.64. The lowest BCUT2D eigenvalue weighted by atomic mass is 9.90. The summed E-state index contributed by atoms with van der Waals surface area (Å²) in [6.45, 7) is 6.29. The van der Waals surface area contributed by atoms with Crippen molar-refractivity contribution < 1.29 is 19.0 Å². The molecule has 0 saturated carbocycles. The van der Waals surface area contributed by atoms with Crippen LogP contribution in [0.3, 0.4) is 0 Å². The zero-order valence-corrected chi connectivity index (χ0v) is 16.5. The number of nitriles is 1. The molecule has 0 spiro atoms. The molecule has 1 atom stereocenters. The van der Waals surface area contributed by atoms with Gasteiger partial charge in [-0.05, 0) is 31.5 Å².